The van der Waals surface area contributed by atoms with E-state index in [4.69, 9.17) is 4.74 Å². The second-order valence-corrected chi connectivity index (χ2v) is 16.6. The fraction of sp³-hybridized carbons (Fsp3) is 0.641. The minimum atomic E-state index is -1.01. The molecule has 6 atom stereocenters. The van der Waals surface area contributed by atoms with E-state index in [0.717, 1.165) is 24.0 Å². The SMILES string of the molecule is C=CCNC(=O)C(=O)C(CC1CC1)NC(=O)[C@@H]1[C@@H]2[C@H](CN1C(=O)[C@@H](NC(=O)N[C@H](COC(=O)NCC)C(C)(C)C)C1Cc3ccccc3C1)C2(C)C. The molecule has 2 saturated carbocycles. The largest absolute Gasteiger partial charge is 0.447 e. The Morgan fingerprint density at radius 3 is 2.23 bits per heavy atom. The number of urea groups is 1. The summed E-state index contributed by atoms with van der Waals surface area (Å²) in [6.07, 6.45) is 4.23. The highest BCUT2D eigenvalue weighted by molar-refractivity contribution is 6.38. The Bertz CT molecular complexity index is 1540. The summed E-state index contributed by atoms with van der Waals surface area (Å²) in [6, 6.07) is 3.94. The molecule has 1 aliphatic heterocycles. The molecule has 13 heteroatoms. The van der Waals surface area contributed by atoms with E-state index < -0.39 is 59.3 Å². The van der Waals surface area contributed by atoms with Gasteiger partial charge in [0.05, 0.1) is 12.1 Å². The lowest BCUT2D eigenvalue weighted by Crippen LogP contribution is -2.61. The molecule has 0 spiro atoms. The first-order chi connectivity index (χ1) is 24.6. The van der Waals surface area contributed by atoms with Gasteiger partial charge in [0.1, 0.15) is 18.7 Å². The van der Waals surface area contributed by atoms with Gasteiger partial charge >= 0.3 is 12.1 Å². The highest BCUT2D eigenvalue weighted by Gasteiger charge is 2.70. The van der Waals surface area contributed by atoms with Gasteiger partial charge in [-0.1, -0.05) is 77.8 Å². The van der Waals surface area contributed by atoms with Crippen LogP contribution in [0, 0.1) is 34.5 Å². The first-order valence-corrected chi connectivity index (χ1v) is 18.6. The van der Waals surface area contributed by atoms with Crippen LogP contribution in [0.25, 0.3) is 0 Å². The van der Waals surface area contributed by atoms with Crippen LogP contribution in [0.15, 0.2) is 36.9 Å². The van der Waals surface area contributed by atoms with Crippen LogP contribution in [0.2, 0.25) is 0 Å². The second-order valence-electron chi connectivity index (χ2n) is 16.6. The molecule has 3 aliphatic carbocycles. The van der Waals surface area contributed by atoms with E-state index in [9.17, 15) is 28.8 Å². The first kappa shape index (κ1) is 38.8. The van der Waals surface area contributed by atoms with Crippen molar-refractivity contribution in [2.75, 3.05) is 26.2 Å². The van der Waals surface area contributed by atoms with E-state index in [-0.39, 0.29) is 48.1 Å². The van der Waals surface area contributed by atoms with Crippen molar-refractivity contribution in [1.82, 2.24) is 31.5 Å². The minimum Gasteiger partial charge on any atom is -0.447 e. The second kappa shape index (κ2) is 15.7. The van der Waals surface area contributed by atoms with Crippen molar-refractivity contribution >= 4 is 35.6 Å². The Kier molecular flexibility index (Phi) is 11.7. The molecule has 0 radical (unpaired) electrons. The third kappa shape index (κ3) is 8.78. The van der Waals surface area contributed by atoms with Crippen molar-refractivity contribution in [3.05, 3.63) is 48.0 Å². The molecule has 5 rings (SSSR count). The van der Waals surface area contributed by atoms with Crippen LogP contribution in [-0.2, 0) is 36.8 Å². The zero-order valence-corrected chi connectivity index (χ0v) is 31.4. The number of carbonyl (C=O) groups excluding carboxylic acids is 6. The lowest BCUT2D eigenvalue weighted by molar-refractivity contribution is -0.144. The summed E-state index contributed by atoms with van der Waals surface area (Å²) in [5, 5.41) is 13.9. The quantitative estimate of drug-likeness (QED) is 0.137. The molecule has 4 aliphatic rings. The standard InChI is InChI=1S/C39H56N6O7/c1-8-16-41-34(48)32(46)27(17-22-14-15-22)42-33(47)31-29-26(39(29,6)7)20-45(31)35(49)30(25-18-23-12-10-11-13-24(23)19-25)44-36(50)43-28(38(3,4)5)21-52-37(51)40-9-2/h8,10-13,22,25-31H,1,9,14-21H2,2-7H3,(H,40,51)(H,41,48)(H,42,47)(H2,43,44,50)/t26-,27?,28+,29-,30-,31-/m0/s1. The van der Waals surface area contributed by atoms with Gasteiger partial charge in [-0.25, -0.2) is 9.59 Å². The lowest BCUT2D eigenvalue weighted by atomic mass is 9.87. The monoisotopic (exact) mass is 720 g/mol. The molecule has 284 valence electrons. The average molecular weight is 721 g/mol. The molecule has 1 aromatic carbocycles. The van der Waals surface area contributed by atoms with Gasteiger partial charge in [0.25, 0.3) is 5.91 Å². The maximum absolute atomic E-state index is 14.8. The molecule has 1 unspecified atom stereocenters. The highest BCUT2D eigenvalue weighted by atomic mass is 16.5. The topological polar surface area (TPSA) is 175 Å². The first-order valence-electron chi connectivity index (χ1n) is 18.6. The molecule has 13 nitrogen and oxygen atoms in total. The summed E-state index contributed by atoms with van der Waals surface area (Å²) in [4.78, 5) is 82.4. The number of nitrogens with one attached hydrogen (secondary N) is 5. The third-order valence-corrected chi connectivity index (χ3v) is 11.4. The number of piperidine rings is 1. The average Bonchev–Trinajstić information content (AvgIpc) is 3.84. The fourth-order valence-corrected chi connectivity index (χ4v) is 7.99. The van der Waals surface area contributed by atoms with Gasteiger partial charge in [-0.05, 0) is 71.8 Å². The van der Waals surface area contributed by atoms with Gasteiger partial charge < -0.3 is 36.2 Å². The van der Waals surface area contributed by atoms with Crippen molar-refractivity contribution in [3.63, 3.8) is 0 Å². The van der Waals surface area contributed by atoms with Gasteiger partial charge in [-0.15, -0.1) is 6.58 Å². The van der Waals surface area contributed by atoms with E-state index in [2.05, 4.69) is 47.0 Å². The number of fused-ring (bicyclic) bond motifs is 2. The number of rotatable bonds is 15. The molecule has 52 heavy (non-hydrogen) atoms. The summed E-state index contributed by atoms with van der Waals surface area (Å²) >= 11 is 0. The summed E-state index contributed by atoms with van der Waals surface area (Å²) in [5.41, 5.74) is 1.51. The number of amides is 6. The zero-order valence-electron chi connectivity index (χ0n) is 31.4. The van der Waals surface area contributed by atoms with Crippen LogP contribution in [0.3, 0.4) is 0 Å². The van der Waals surface area contributed by atoms with Gasteiger partial charge in [-0.3, -0.25) is 19.2 Å². The summed E-state index contributed by atoms with van der Waals surface area (Å²) in [6.45, 7) is 16.1. The molecule has 5 N–H and O–H groups in total. The maximum Gasteiger partial charge on any atom is 0.407 e. The molecule has 1 aromatic rings. The van der Waals surface area contributed by atoms with E-state index in [0.29, 0.717) is 32.4 Å². The normalized spacial score (nSPS) is 23.2. The van der Waals surface area contributed by atoms with Crippen molar-refractivity contribution in [1.29, 1.82) is 0 Å². The van der Waals surface area contributed by atoms with Crippen molar-refractivity contribution < 1.29 is 33.5 Å². The van der Waals surface area contributed by atoms with Crippen LogP contribution < -0.4 is 26.6 Å². The van der Waals surface area contributed by atoms with E-state index in [1.807, 2.05) is 45.0 Å². The number of alkyl carbamates (subject to hydrolysis) is 1. The molecule has 1 heterocycles. The molecular weight excluding hydrogens is 664 g/mol. The Hall–Kier alpha value is -4.42. The van der Waals surface area contributed by atoms with Crippen LogP contribution in [-0.4, -0.2) is 90.9 Å². The lowest BCUT2D eigenvalue weighted by Gasteiger charge is -2.36. The predicted molar refractivity (Wildman–Crippen MR) is 195 cm³/mol. The van der Waals surface area contributed by atoms with Gasteiger partial charge in [-0.2, -0.15) is 0 Å². The maximum atomic E-state index is 14.8. The number of hydrogen-bond donors (Lipinski definition) is 5. The molecular formula is C39H56N6O7. The number of ether oxygens (including phenoxy) is 1. The molecule has 1 saturated heterocycles. The highest BCUT2D eigenvalue weighted by Crippen LogP contribution is 2.65. The Labute approximate surface area is 306 Å². The van der Waals surface area contributed by atoms with Crippen molar-refractivity contribution in [2.24, 2.45) is 34.5 Å². The Morgan fingerprint density at radius 2 is 1.65 bits per heavy atom. The smallest absolute Gasteiger partial charge is 0.407 e. The van der Waals surface area contributed by atoms with Gasteiger partial charge in [0.15, 0.2) is 0 Å². The Balaban J connectivity index is 1.38. The van der Waals surface area contributed by atoms with E-state index in [1.165, 1.54) is 6.08 Å². The molecule has 6 amide bonds. The number of nitrogens with zero attached hydrogens (tertiary/aromatic N) is 1. The number of hydrogen-bond acceptors (Lipinski definition) is 7. The van der Waals surface area contributed by atoms with Crippen LogP contribution in [0.1, 0.15) is 71.9 Å². The number of ketones is 1. The predicted octanol–water partition coefficient (Wildman–Crippen LogP) is 2.87. The van der Waals surface area contributed by atoms with E-state index in [1.54, 1.807) is 11.8 Å². The van der Waals surface area contributed by atoms with Gasteiger partial charge in [0, 0.05) is 19.6 Å². The third-order valence-electron chi connectivity index (χ3n) is 11.4. The summed E-state index contributed by atoms with van der Waals surface area (Å²) < 4.78 is 5.37. The molecule has 0 bridgehead atoms. The number of Topliss-reactive ketones (excluding diaryl/α,β-unsaturated/α-hetero) is 1. The number of benzene rings is 1. The number of carbonyl (C=O) groups is 6. The molecule has 0 aromatic heterocycles. The van der Waals surface area contributed by atoms with Crippen LogP contribution in [0.4, 0.5) is 9.59 Å². The van der Waals surface area contributed by atoms with Crippen molar-refractivity contribution in [3.8, 4) is 0 Å². The van der Waals surface area contributed by atoms with Crippen LogP contribution >= 0.6 is 0 Å². The van der Waals surface area contributed by atoms with E-state index >= 15 is 0 Å². The Morgan fingerprint density at radius 1 is 1.00 bits per heavy atom. The van der Waals surface area contributed by atoms with Crippen molar-refractivity contribution in [2.45, 2.75) is 97.8 Å². The zero-order chi connectivity index (χ0) is 38.0. The van der Waals surface area contributed by atoms with Gasteiger partial charge in [0.2, 0.25) is 17.6 Å². The van der Waals surface area contributed by atoms with Crippen LogP contribution in [0.5, 0.6) is 0 Å². The summed E-state index contributed by atoms with van der Waals surface area (Å²) in [7, 11) is 0. The number of likely N-dealkylation sites (tertiary alicyclic amines) is 1. The fourth-order valence-electron chi connectivity index (χ4n) is 7.99. The minimum absolute atomic E-state index is 0.0626. The molecule has 3 fully saturated rings. The summed E-state index contributed by atoms with van der Waals surface area (Å²) in [5.74, 6) is -2.44.